The molecule has 102 valence electrons. The SMILES string of the molecule is COc1ccc(N(C)c2nc3ccc(N)cc3o2)cc1. The third kappa shape index (κ3) is 2.14. The van der Waals surface area contributed by atoms with Crippen LogP contribution < -0.4 is 15.4 Å². The van der Waals surface area contributed by atoms with Crippen LogP contribution in [0.5, 0.6) is 5.75 Å². The Morgan fingerprint density at radius 2 is 1.90 bits per heavy atom. The Morgan fingerprint density at radius 3 is 2.60 bits per heavy atom. The van der Waals surface area contributed by atoms with Crippen molar-refractivity contribution >= 4 is 28.5 Å². The second-order valence-corrected chi connectivity index (χ2v) is 4.48. The summed E-state index contributed by atoms with van der Waals surface area (Å²) < 4.78 is 10.9. The number of ether oxygens (including phenoxy) is 1. The minimum atomic E-state index is 0.524. The van der Waals surface area contributed by atoms with Crippen molar-refractivity contribution in [1.29, 1.82) is 0 Å². The van der Waals surface area contributed by atoms with E-state index >= 15 is 0 Å². The molecule has 0 aliphatic carbocycles. The summed E-state index contributed by atoms with van der Waals surface area (Å²) in [7, 11) is 3.54. The van der Waals surface area contributed by atoms with Gasteiger partial charge in [0.15, 0.2) is 5.58 Å². The molecule has 0 spiro atoms. The average molecular weight is 269 g/mol. The highest BCUT2D eigenvalue weighted by Crippen LogP contribution is 2.28. The molecular weight excluding hydrogens is 254 g/mol. The quantitative estimate of drug-likeness (QED) is 0.740. The van der Waals surface area contributed by atoms with Crippen molar-refractivity contribution in [3.63, 3.8) is 0 Å². The van der Waals surface area contributed by atoms with Crippen LogP contribution in [0.25, 0.3) is 11.1 Å². The van der Waals surface area contributed by atoms with Gasteiger partial charge in [0.25, 0.3) is 0 Å². The van der Waals surface area contributed by atoms with E-state index in [1.54, 1.807) is 13.2 Å². The average Bonchev–Trinajstić information content (AvgIpc) is 2.89. The Kier molecular flexibility index (Phi) is 2.95. The summed E-state index contributed by atoms with van der Waals surface area (Å²) >= 11 is 0. The second kappa shape index (κ2) is 4.77. The largest absolute Gasteiger partial charge is 0.497 e. The van der Waals surface area contributed by atoms with Gasteiger partial charge >= 0.3 is 6.01 Å². The highest BCUT2D eigenvalue weighted by Gasteiger charge is 2.12. The van der Waals surface area contributed by atoms with E-state index < -0.39 is 0 Å². The van der Waals surface area contributed by atoms with Crippen molar-refractivity contribution in [2.24, 2.45) is 0 Å². The Morgan fingerprint density at radius 1 is 1.15 bits per heavy atom. The smallest absolute Gasteiger partial charge is 0.302 e. The maximum Gasteiger partial charge on any atom is 0.302 e. The number of aromatic nitrogens is 1. The van der Waals surface area contributed by atoms with Gasteiger partial charge in [0.1, 0.15) is 11.3 Å². The predicted molar refractivity (Wildman–Crippen MR) is 79.5 cm³/mol. The fourth-order valence-corrected chi connectivity index (χ4v) is 1.99. The van der Waals surface area contributed by atoms with E-state index in [0.717, 1.165) is 17.0 Å². The summed E-state index contributed by atoms with van der Waals surface area (Å²) in [5, 5.41) is 0. The molecule has 0 saturated heterocycles. The molecule has 1 heterocycles. The molecule has 2 aromatic carbocycles. The van der Waals surface area contributed by atoms with Gasteiger partial charge in [-0.3, -0.25) is 4.90 Å². The molecule has 0 aliphatic heterocycles. The summed E-state index contributed by atoms with van der Waals surface area (Å²) in [6.45, 7) is 0. The minimum absolute atomic E-state index is 0.524. The van der Waals surface area contributed by atoms with Crippen molar-refractivity contribution in [3.8, 4) is 5.75 Å². The topological polar surface area (TPSA) is 64.5 Å². The van der Waals surface area contributed by atoms with Crippen molar-refractivity contribution < 1.29 is 9.15 Å². The normalized spacial score (nSPS) is 10.7. The summed E-state index contributed by atoms with van der Waals surface area (Å²) in [5.74, 6) is 0.812. The maximum absolute atomic E-state index is 5.74. The molecule has 1 aromatic heterocycles. The number of oxazole rings is 1. The van der Waals surface area contributed by atoms with Crippen LogP contribution in [0.2, 0.25) is 0 Å². The number of benzene rings is 2. The molecule has 20 heavy (non-hydrogen) atoms. The fourth-order valence-electron chi connectivity index (χ4n) is 1.99. The maximum atomic E-state index is 5.74. The molecule has 5 heteroatoms. The summed E-state index contributed by atoms with van der Waals surface area (Å²) in [5.41, 5.74) is 8.83. The summed E-state index contributed by atoms with van der Waals surface area (Å²) in [4.78, 5) is 6.32. The molecule has 0 saturated carbocycles. The molecule has 2 N–H and O–H groups in total. The number of hydrogen-bond acceptors (Lipinski definition) is 5. The lowest BCUT2D eigenvalue weighted by Crippen LogP contribution is -2.09. The Bertz CT molecular complexity index is 734. The van der Waals surface area contributed by atoms with Crippen molar-refractivity contribution in [2.75, 3.05) is 24.8 Å². The zero-order chi connectivity index (χ0) is 14.1. The van der Waals surface area contributed by atoms with E-state index in [2.05, 4.69) is 4.98 Å². The van der Waals surface area contributed by atoms with Crippen LogP contribution in [-0.4, -0.2) is 19.1 Å². The number of hydrogen-bond donors (Lipinski definition) is 1. The van der Waals surface area contributed by atoms with Crippen LogP contribution in [0, 0.1) is 0 Å². The van der Waals surface area contributed by atoms with Gasteiger partial charge in [0.2, 0.25) is 0 Å². The molecule has 5 nitrogen and oxygen atoms in total. The van der Waals surface area contributed by atoms with Gasteiger partial charge < -0.3 is 14.9 Å². The molecule has 0 bridgehead atoms. The van der Waals surface area contributed by atoms with Crippen LogP contribution >= 0.6 is 0 Å². The second-order valence-electron chi connectivity index (χ2n) is 4.48. The third-order valence-electron chi connectivity index (χ3n) is 3.15. The van der Waals surface area contributed by atoms with Gasteiger partial charge in [0, 0.05) is 24.5 Å². The van der Waals surface area contributed by atoms with Crippen LogP contribution in [0.1, 0.15) is 0 Å². The first-order chi connectivity index (χ1) is 9.67. The van der Waals surface area contributed by atoms with Crippen LogP contribution in [0.4, 0.5) is 17.4 Å². The fraction of sp³-hybridized carbons (Fsp3) is 0.133. The van der Waals surface area contributed by atoms with Crippen LogP contribution in [-0.2, 0) is 0 Å². The lowest BCUT2D eigenvalue weighted by atomic mass is 10.3. The first-order valence-electron chi connectivity index (χ1n) is 6.21. The summed E-state index contributed by atoms with van der Waals surface area (Å²) in [6.07, 6.45) is 0. The molecule has 0 aliphatic rings. The van der Waals surface area contributed by atoms with Crippen LogP contribution in [0.15, 0.2) is 46.9 Å². The van der Waals surface area contributed by atoms with Crippen molar-refractivity contribution in [1.82, 2.24) is 4.98 Å². The van der Waals surface area contributed by atoms with E-state index in [4.69, 9.17) is 14.9 Å². The molecule has 0 radical (unpaired) electrons. The monoisotopic (exact) mass is 269 g/mol. The van der Waals surface area contributed by atoms with Gasteiger partial charge in [-0.1, -0.05) is 0 Å². The molecule has 0 fully saturated rings. The van der Waals surface area contributed by atoms with Crippen molar-refractivity contribution in [3.05, 3.63) is 42.5 Å². The van der Waals surface area contributed by atoms with E-state index in [1.165, 1.54) is 0 Å². The molecule has 0 atom stereocenters. The number of nitrogens with zero attached hydrogens (tertiary/aromatic N) is 2. The van der Waals surface area contributed by atoms with Gasteiger partial charge in [-0.05, 0) is 36.4 Å². The van der Waals surface area contributed by atoms with E-state index in [1.807, 2.05) is 48.3 Å². The van der Waals surface area contributed by atoms with E-state index in [0.29, 0.717) is 17.3 Å². The van der Waals surface area contributed by atoms with Gasteiger partial charge in [-0.25, -0.2) is 0 Å². The van der Waals surface area contributed by atoms with Crippen molar-refractivity contribution in [2.45, 2.75) is 0 Å². The first-order valence-corrected chi connectivity index (χ1v) is 6.21. The number of methoxy groups -OCH3 is 1. The Labute approximate surface area is 116 Å². The zero-order valence-corrected chi connectivity index (χ0v) is 11.3. The van der Waals surface area contributed by atoms with Gasteiger partial charge in [-0.15, -0.1) is 0 Å². The molecule has 3 rings (SSSR count). The molecule has 0 unspecified atom stereocenters. The minimum Gasteiger partial charge on any atom is -0.497 e. The first kappa shape index (κ1) is 12.3. The van der Waals surface area contributed by atoms with Crippen LogP contribution in [0.3, 0.4) is 0 Å². The lowest BCUT2D eigenvalue weighted by molar-refractivity contribution is 0.415. The molecular formula is C15H15N3O2. The Hall–Kier alpha value is -2.69. The molecule has 3 aromatic rings. The highest BCUT2D eigenvalue weighted by molar-refractivity contribution is 5.79. The zero-order valence-electron chi connectivity index (χ0n) is 11.3. The van der Waals surface area contributed by atoms with E-state index in [9.17, 15) is 0 Å². The third-order valence-corrected chi connectivity index (χ3v) is 3.15. The number of anilines is 3. The number of rotatable bonds is 3. The van der Waals surface area contributed by atoms with Gasteiger partial charge in [0.05, 0.1) is 7.11 Å². The number of fused-ring (bicyclic) bond motifs is 1. The Balaban J connectivity index is 1.96. The number of nitrogens with two attached hydrogens (primary N) is 1. The standard InChI is InChI=1S/C15H15N3O2/c1-18(11-4-6-12(19-2)7-5-11)15-17-13-8-3-10(16)9-14(13)20-15/h3-9H,16H2,1-2H3. The van der Waals surface area contributed by atoms with E-state index in [-0.39, 0.29) is 0 Å². The summed E-state index contributed by atoms with van der Waals surface area (Å²) in [6, 6.07) is 13.6. The highest BCUT2D eigenvalue weighted by atomic mass is 16.5. The molecule has 0 amide bonds. The van der Waals surface area contributed by atoms with Gasteiger partial charge in [-0.2, -0.15) is 4.98 Å². The predicted octanol–water partition coefficient (Wildman–Crippen LogP) is 3.19. The number of nitrogen functional groups attached to an aromatic ring is 1. The lowest BCUT2D eigenvalue weighted by Gasteiger charge is -2.14.